The molecule has 114 valence electrons. The molecule has 1 fully saturated rings. The second kappa shape index (κ2) is 5.32. The molecule has 0 saturated carbocycles. The van der Waals surface area contributed by atoms with Gasteiger partial charge in [0.25, 0.3) is 11.8 Å². The summed E-state index contributed by atoms with van der Waals surface area (Å²) in [5, 5.41) is -0.539. The third kappa shape index (κ3) is 2.97. The van der Waals surface area contributed by atoms with Gasteiger partial charge in [0.05, 0.1) is 17.9 Å². The Morgan fingerprint density at radius 2 is 2.05 bits per heavy atom. The predicted molar refractivity (Wildman–Crippen MR) is 73.8 cm³/mol. The minimum absolute atomic E-state index is 0.00327. The van der Waals surface area contributed by atoms with Gasteiger partial charge in [-0.2, -0.15) is 0 Å². The van der Waals surface area contributed by atoms with E-state index in [4.69, 9.17) is 10.5 Å². The highest BCUT2D eigenvalue weighted by atomic mass is 32.2. The SMILES string of the molecule is COc1ncc(C(=O)N2CC(S(C)(=O)=O)C2)cc1C(N)=O. The van der Waals surface area contributed by atoms with Crippen LogP contribution in [0, 0.1) is 0 Å². The highest BCUT2D eigenvalue weighted by Gasteiger charge is 2.37. The smallest absolute Gasteiger partial charge is 0.255 e. The van der Waals surface area contributed by atoms with Gasteiger partial charge in [0.1, 0.15) is 5.56 Å². The lowest BCUT2D eigenvalue weighted by Crippen LogP contribution is -2.56. The summed E-state index contributed by atoms with van der Waals surface area (Å²) in [5.74, 6) is -1.11. The lowest BCUT2D eigenvalue weighted by atomic mass is 10.1. The van der Waals surface area contributed by atoms with Crippen molar-refractivity contribution in [2.45, 2.75) is 5.25 Å². The van der Waals surface area contributed by atoms with Crippen molar-refractivity contribution in [1.29, 1.82) is 0 Å². The number of nitrogens with two attached hydrogens (primary N) is 1. The quantitative estimate of drug-likeness (QED) is 0.766. The van der Waals surface area contributed by atoms with Crippen LogP contribution < -0.4 is 10.5 Å². The Kier molecular flexibility index (Phi) is 3.86. The minimum Gasteiger partial charge on any atom is -0.480 e. The molecule has 9 heteroatoms. The van der Waals surface area contributed by atoms with E-state index in [2.05, 4.69) is 4.98 Å². The molecule has 2 heterocycles. The number of hydrogen-bond donors (Lipinski definition) is 1. The van der Waals surface area contributed by atoms with Crippen LogP contribution >= 0.6 is 0 Å². The molecule has 0 aromatic carbocycles. The number of aromatic nitrogens is 1. The predicted octanol–water partition coefficient (Wildman–Crippen LogP) is -0.942. The van der Waals surface area contributed by atoms with Crippen molar-refractivity contribution in [1.82, 2.24) is 9.88 Å². The molecule has 1 aromatic heterocycles. The number of hydrogen-bond acceptors (Lipinski definition) is 6. The Hall–Kier alpha value is -2.16. The number of amides is 2. The molecule has 21 heavy (non-hydrogen) atoms. The van der Waals surface area contributed by atoms with Gasteiger partial charge in [-0.05, 0) is 6.07 Å². The molecule has 0 unspecified atom stereocenters. The zero-order chi connectivity index (χ0) is 15.8. The highest BCUT2D eigenvalue weighted by molar-refractivity contribution is 7.91. The number of methoxy groups -OCH3 is 1. The summed E-state index contributed by atoms with van der Waals surface area (Å²) in [6.07, 6.45) is 2.40. The van der Waals surface area contributed by atoms with E-state index in [9.17, 15) is 18.0 Å². The van der Waals surface area contributed by atoms with Gasteiger partial charge in [-0.15, -0.1) is 0 Å². The second-order valence-corrected chi connectivity index (χ2v) is 7.13. The van der Waals surface area contributed by atoms with Crippen molar-refractivity contribution in [3.05, 3.63) is 23.4 Å². The zero-order valence-corrected chi connectivity index (χ0v) is 12.4. The number of ether oxygens (including phenoxy) is 1. The van der Waals surface area contributed by atoms with Crippen LogP contribution in [0.4, 0.5) is 0 Å². The normalized spacial score (nSPS) is 15.4. The number of sulfone groups is 1. The number of rotatable bonds is 4. The molecule has 8 nitrogen and oxygen atoms in total. The number of likely N-dealkylation sites (tertiary alicyclic amines) is 1. The van der Waals surface area contributed by atoms with Crippen LogP contribution in [-0.4, -0.2) is 61.8 Å². The van der Waals surface area contributed by atoms with Gasteiger partial charge in [-0.1, -0.05) is 0 Å². The molecule has 0 spiro atoms. The lowest BCUT2D eigenvalue weighted by molar-refractivity contribution is 0.0659. The van der Waals surface area contributed by atoms with Crippen molar-refractivity contribution in [3.8, 4) is 5.88 Å². The standard InChI is InChI=1S/C12H15N3O5S/c1-20-11-9(10(13)16)3-7(4-14-11)12(17)15-5-8(6-15)21(2,18)19/h3-4,8H,5-6H2,1-2H3,(H2,13,16). The number of primary amides is 1. The molecule has 2 amide bonds. The van der Waals surface area contributed by atoms with Crippen LogP contribution in [0.25, 0.3) is 0 Å². The maximum atomic E-state index is 12.2. The van der Waals surface area contributed by atoms with E-state index < -0.39 is 26.9 Å². The molecule has 1 saturated heterocycles. The van der Waals surface area contributed by atoms with Crippen LogP contribution in [0.5, 0.6) is 5.88 Å². The number of nitrogens with zero attached hydrogens (tertiary/aromatic N) is 2. The van der Waals surface area contributed by atoms with Gasteiger partial charge in [0, 0.05) is 25.5 Å². The maximum Gasteiger partial charge on any atom is 0.255 e. The van der Waals surface area contributed by atoms with E-state index in [-0.39, 0.29) is 30.1 Å². The van der Waals surface area contributed by atoms with Gasteiger partial charge in [-0.25, -0.2) is 13.4 Å². The Morgan fingerprint density at radius 1 is 1.43 bits per heavy atom. The second-order valence-electron chi connectivity index (χ2n) is 4.81. The van der Waals surface area contributed by atoms with E-state index in [0.29, 0.717) is 0 Å². The van der Waals surface area contributed by atoms with Crippen molar-refractivity contribution in [2.24, 2.45) is 5.73 Å². The summed E-state index contributed by atoms with van der Waals surface area (Å²) in [6.45, 7) is 0.269. The molecule has 1 aliphatic heterocycles. The van der Waals surface area contributed by atoms with Crippen molar-refractivity contribution < 1.29 is 22.7 Å². The van der Waals surface area contributed by atoms with Crippen LogP contribution in [0.2, 0.25) is 0 Å². The Labute approximate surface area is 121 Å². The molecule has 1 aromatic rings. The summed E-state index contributed by atoms with van der Waals surface area (Å²) in [6, 6.07) is 1.30. The molecule has 1 aliphatic rings. The summed E-state index contributed by atoms with van der Waals surface area (Å²) in [4.78, 5) is 28.7. The first kappa shape index (κ1) is 15.2. The molecule has 2 rings (SSSR count). The summed E-state index contributed by atoms with van der Waals surface area (Å²) < 4.78 is 27.5. The molecular weight excluding hydrogens is 298 g/mol. The minimum atomic E-state index is -3.15. The van der Waals surface area contributed by atoms with Gasteiger partial charge in [0.2, 0.25) is 5.88 Å². The van der Waals surface area contributed by atoms with Crippen LogP contribution in [0.1, 0.15) is 20.7 Å². The fourth-order valence-corrected chi connectivity index (χ4v) is 2.87. The average molecular weight is 313 g/mol. The van der Waals surface area contributed by atoms with E-state index in [1.165, 1.54) is 24.3 Å². The van der Waals surface area contributed by atoms with Gasteiger partial charge in [-0.3, -0.25) is 9.59 Å². The third-order valence-corrected chi connectivity index (χ3v) is 4.81. The average Bonchev–Trinajstić information content (AvgIpc) is 2.34. The van der Waals surface area contributed by atoms with E-state index in [1.807, 2.05) is 0 Å². The van der Waals surface area contributed by atoms with Crippen LogP contribution in [-0.2, 0) is 9.84 Å². The van der Waals surface area contributed by atoms with Crippen LogP contribution in [0.3, 0.4) is 0 Å². The molecule has 2 N–H and O–H groups in total. The Bertz CT molecular complexity index is 695. The summed E-state index contributed by atoms with van der Waals surface area (Å²) in [5.41, 5.74) is 5.36. The highest BCUT2D eigenvalue weighted by Crippen LogP contribution is 2.21. The molecule has 0 radical (unpaired) electrons. The van der Waals surface area contributed by atoms with Crippen molar-refractivity contribution in [3.63, 3.8) is 0 Å². The van der Waals surface area contributed by atoms with Gasteiger partial charge >= 0.3 is 0 Å². The first-order valence-corrected chi connectivity index (χ1v) is 8.01. The third-order valence-electron chi connectivity index (χ3n) is 3.30. The van der Waals surface area contributed by atoms with E-state index >= 15 is 0 Å². The zero-order valence-electron chi connectivity index (χ0n) is 11.6. The first-order valence-electron chi connectivity index (χ1n) is 6.06. The van der Waals surface area contributed by atoms with E-state index in [0.717, 1.165) is 6.26 Å². The number of carbonyl (C=O) groups is 2. The number of pyridine rings is 1. The van der Waals surface area contributed by atoms with Gasteiger partial charge < -0.3 is 15.4 Å². The Balaban J connectivity index is 2.18. The first-order chi connectivity index (χ1) is 9.74. The van der Waals surface area contributed by atoms with Crippen LogP contribution in [0.15, 0.2) is 12.3 Å². The topological polar surface area (TPSA) is 120 Å². The summed E-state index contributed by atoms with van der Waals surface area (Å²) in [7, 11) is -1.81. The van der Waals surface area contributed by atoms with Crippen molar-refractivity contribution in [2.75, 3.05) is 26.5 Å². The largest absolute Gasteiger partial charge is 0.480 e. The molecule has 0 bridgehead atoms. The summed E-state index contributed by atoms with van der Waals surface area (Å²) >= 11 is 0. The number of carbonyl (C=O) groups excluding carboxylic acids is 2. The maximum absolute atomic E-state index is 12.2. The fourth-order valence-electron chi connectivity index (χ4n) is 1.97. The molecule has 0 aliphatic carbocycles. The molecular formula is C12H15N3O5S. The van der Waals surface area contributed by atoms with Crippen molar-refractivity contribution >= 4 is 21.7 Å². The Morgan fingerprint density at radius 3 is 2.52 bits per heavy atom. The fraction of sp³-hybridized carbons (Fsp3) is 0.417. The monoisotopic (exact) mass is 313 g/mol. The van der Waals surface area contributed by atoms with Gasteiger partial charge in [0.15, 0.2) is 9.84 Å². The lowest BCUT2D eigenvalue weighted by Gasteiger charge is -2.37. The molecule has 0 atom stereocenters. The van der Waals surface area contributed by atoms with E-state index in [1.54, 1.807) is 0 Å².